The molecule has 1 unspecified atom stereocenters. The minimum atomic E-state index is -0.357. The Morgan fingerprint density at radius 3 is 3.11 bits per heavy atom. The molecule has 92 valence electrons. The summed E-state index contributed by atoms with van der Waals surface area (Å²) < 4.78 is 5.28. The second-order valence-corrected chi connectivity index (χ2v) is 4.04. The summed E-state index contributed by atoms with van der Waals surface area (Å²) >= 11 is 0. The van der Waals surface area contributed by atoms with E-state index in [4.69, 9.17) is 10.5 Å². The van der Waals surface area contributed by atoms with Crippen LogP contribution in [0.25, 0.3) is 0 Å². The van der Waals surface area contributed by atoms with E-state index in [-0.39, 0.29) is 18.6 Å². The Morgan fingerprint density at radius 1 is 1.44 bits per heavy atom. The first kappa shape index (κ1) is 10.8. The minimum Gasteiger partial charge on any atom is -0.482 e. The first-order chi connectivity index (χ1) is 8.74. The van der Waals surface area contributed by atoms with Gasteiger partial charge in [0, 0.05) is 12.4 Å². The van der Waals surface area contributed by atoms with Crippen molar-refractivity contribution < 1.29 is 9.53 Å². The van der Waals surface area contributed by atoms with Crippen molar-refractivity contribution in [2.75, 3.05) is 11.9 Å². The van der Waals surface area contributed by atoms with E-state index in [1.54, 1.807) is 24.5 Å². The quantitative estimate of drug-likeness (QED) is 0.728. The smallest absolute Gasteiger partial charge is 0.262 e. The Labute approximate surface area is 103 Å². The van der Waals surface area contributed by atoms with Crippen LogP contribution < -0.4 is 15.8 Å². The Morgan fingerprint density at radius 2 is 2.33 bits per heavy atom. The molecule has 4 N–H and O–H groups in total. The molecule has 6 nitrogen and oxygen atoms in total. The molecule has 2 aromatic rings. The van der Waals surface area contributed by atoms with Crippen LogP contribution in [0.4, 0.5) is 5.69 Å². The van der Waals surface area contributed by atoms with Crippen molar-refractivity contribution in [3.05, 3.63) is 42.0 Å². The first-order valence-corrected chi connectivity index (χ1v) is 5.55. The van der Waals surface area contributed by atoms with Gasteiger partial charge in [0.1, 0.15) is 11.6 Å². The molecule has 1 atom stereocenters. The number of ether oxygens (including phenoxy) is 1. The number of H-pyrrole nitrogens is 1. The maximum absolute atomic E-state index is 11.2. The monoisotopic (exact) mass is 244 g/mol. The number of hydrogen-bond acceptors (Lipinski definition) is 4. The average molecular weight is 244 g/mol. The molecule has 1 aromatic carbocycles. The normalized spacial score (nSPS) is 15.5. The van der Waals surface area contributed by atoms with Crippen molar-refractivity contribution in [1.82, 2.24) is 9.97 Å². The van der Waals surface area contributed by atoms with Gasteiger partial charge in [0.05, 0.1) is 11.7 Å². The zero-order chi connectivity index (χ0) is 12.5. The summed E-state index contributed by atoms with van der Waals surface area (Å²) in [6, 6.07) is 5.11. The summed E-state index contributed by atoms with van der Waals surface area (Å²) in [5.41, 5.74) is 7.58. The Kier molecular flexibility index (Phi) is 2.49. The minimum absolute atomic E-state index is 0.0522. The molecule has 1 aromatic heterocycles. The van der Waals surface area contributed by atoms with Gasteiger partial charge in [0.15, 0.2) is 6.61 Å². The van der Waals surface area contributed by atoms with Crippen LogP contribution in [0.2, 0.25) is 0 Å². The van der Waals surface area contributed by atoms with Gasteiger partial charge in [-0.2, -0.15) is 0 Å². The van der Waals surface area contributed by atoms with Gasteiger partial charge in [-0.3, -0.25) is 4.79 Å². The largest absolute Gasteiger partial charge is 0.482 e. The van der Waals surface area contributed by atoms with E-state index in [0.717, 1.165) is 5.56 Å². The number of fused-ring (bicyclic) bond motifs is 1. The summed E-state index contributed by atoms with van der Waals surface area (Å²) in [7, 11) is 0. The number of anilines is 1. The van der Waals surface area contributed by atoms with Crippen molar-refractivity contribution in [2.24, 2.45) is 5.73 Å². The van der Waals surface area contributed by atoms with Crippen molar-refractivity contribution in [2.45, 2.75) is 6.04 Å². The topological polar surface area (TPSA) is 93.0 Å². The van der Waals surface area contributed by atoms with Crippen LogP contribution in [0.1, 0.15) is 17.4 Å². The zero-order valence-corrected chi connectivity index (χ0v) is 9.51. The van der Waals surface area contributed by atoms with Crippen molar-refractivity contribution >= 4 is 11.6 Å². The SMILES string of the molecule is NC(c1ccc2c(c1)NC(=O)CO2)c1ncc[nH]1. The van der Waals surface area contributed by atoms with E-state index in [9.17, 15) is 4.79 Å². The molecule has 0 saturated heterocycles. The number of aromatic amines is 1. The molecule has 1 aliphatic heterocycles. The fraction of sp³-hybridized carbons (Fsp3) is 0.167. The summed E-state index contributed by atoms with van der Waals surface area (Å²) in [6.07, 6.45) is 3.37. The standard InChI is InChI=1S/C12H12N4O2/c13-11(12-14-3-4-15-12)7-1-2-9-8(5-7)16-10(17)6-18-9/h1-5,11H,6,13H2,(H,14,15)(H,16,17). The number of amides is 1. The van der Waals surface area contributed by atoms with Crippen LogP contribution in [-0.4, -0.2) is 22.5 Å². The maximum Gasteiger partial charge on any atom is 0.262 e. The number of rotatable bonds is 2. The highest BCUT2D eigenvalue weighted by Gasteiger charge is 2.18. The molecule has 0 radical (unpaired) electrons. The molecule has 0 aliphatic carbocycles. The Bertz CT molecular complexity index is 580. The fourth-order valence-corrected chi connectivity index (χ4v) is 1.90. The molecule has 0 spiro atoms. The van der Waals surface area contributed by atoms with Crippen LogP contribution in [0.3, 0.4) is 0 Å². The number of benzene rings is 1. The number of nitrogens with zero attached hydrogens (tertiary/aromatic N) is 1. The molecule has 0 saturated carbocycles. The van der Waals surface area contributed by atoms with Crippen molar-refractivity contribution in [3.63, 3.8) is 0 Å². The maximum atomic E-state index is 11.2. The molecule has 1 amide bonds. The number of carbonyl (C=O) groups is 1. The molecule has 0 fully saturated rings. The van der Waals surface area contributed by atoms with Crippen LogP contribution in [0.15, 0.2) is 30.6 Å². The van der Waals surface area contributed by atoms with Gasteiger partial charge in [-0.05, 0) is 17.7 Å². The van der Waals surface area contributed by atoms with Gasteiger partial charge in [-0.1, -0.05) is 6.07 Å². The summed E-state index contributed by atoms with van der Waals surface area (Å²) in [5, 5.41) is 2.75. The van der Waals surface area contributed by atoms with Crippen LogP contribution in [0.5, 0.6) is 5.75 Å². The lowest BCUT2D eigenvalue weighted by atomic mass is 10.1. The highest BCUT2D eigenvalue weighted by molar-refractivity contribution is 5.95. The van der Waals surface area contributed by atoms with E-state index < -0.39 is 0 Å². The lowest BCUT2D eigenvalue weighted by Crippen LogP contribution is -2.25. The van der Waals surface area contributed by atoms with Crippen LogP contribution in [0, 0.1) is 0 Å². The number of carbonyl (C=O) groups excluding carboxylic acids is 1. The number of nitrogens with two attached hydrogens (primary N) is 1. The second-order valence-electron chi connectivity index (χ2n) is 4.04. The van der Waals surface area contributed by atoms with E-state index in [2.05, 4.69) is 15.3 Å². The van der Waals surface area contributed by atoms with Gasteiger partial charge in [-0.15, -0.1) is 0 Å². The predicted molar refractivity (Wildman–Crippen MR) is 65.2 cm³/mol. The van der Waals surface area contributed by atoms with Gasteiger partial charge in [-0.25, -0.2) is 4.98 Å². The Hall–Kier alpha value is -2.34. The van der Waals surface area contributed by atoms with Gasteiger partial charge in [0.2, 0.25) is 0 Å². The lowest BCUT2D eigenvalue weighted by molar-refractivity contribution is -0.118. The molecule has 6 heteroatoms. The zero-order valence-electron chi connectivity index (χ0n) is 9.51. The lowest BCUT2D eigenvalue weighted by Gasteiger charge is -2.19. The van der Waals surface area contributed by atoms with Crippen LogP contribution in [-0.2, 0) is 4.79 Å². The third-order valence-corrected chi connectivity index (χ3v) is 2.81. The Balaban J connectivity index is 1.94. The molecule has 0 bridgehead atoms. The van der Waals surface area contributed by atoms with Crippen molar-refractivity contribution in [3.8, 4) is 5.75 Å². The molecular formula is C12H12N4O2. The highest BCUT2D eigenvalue weighted by Crippen LogP contribution is 2.30. The van der Waals surface area contributed by atoms with E-state index >= 15 is 0 Å². The predicted octanol–water partition coefficient (Wildman–Crippen LogP) is 0.789. The number of hydrogen-bond donors (Lipinski definition) is 3. The first-order valence-electron chi connectivity index (χ1n) is 5.55. The summed E-state index contributed by atoms with van der Waals surface area (Å²) in [5.74, 6) is 1.18. The molecule has 3 rings (SSSR count). The van der Waals surface area contributed by atoms with Gasteiger partial charge in [0.25, 0.3) is 5.91 Å². The molecule has 18 heavy (non-hydrogen) atoms. The third-order valence-electron chi connectivity index (χ3n) is 2.81. The molecule has 2 heterocycles. The molecule has 1 aliphatic rings. The highest BCUT2D eigenvalue weighted by atomic mass is 16.5. The summed E-state index contributed by atoms with van der Waals surface area (Å²) in [6.45, 7) is 0.0522. The average Bonchev–Trinajstić information content (AvgIpc) is 2.90. The third kappa shape index (κ3) is 1.82. The summed E-state index contributed by atoms with van der Waals surface area (Å²) in [4.78, 5) is 18.3. The number of imidazole rings is 1. The fourth-order valence-electron chi connectivity index (χ4n) is 1.90. The van der Waals surface area contributed by atoms with E-state index in [0.29, 0.717) is 17.3 Å². The van der Waals surface area contributed by atoms with Gasteiger partial charge >= 0.3 is 0 Å². The molecular weight excluding hydrogens is 232 g/mol. The van der Waals surface area contributed by atoms with Crippen LogP contribution >= 0.6 is 0 Å². The number of nitrogens with one attached hydrogen (secondary N) is 2. The van der Waals surface area contributed by atoms with E-state index in [1.165, 1.54) is 0 Å². The number of aromatic nitrogens is 2. The van der Waals surface area contributed by atoms with Crippen molar-refractivity contribution in [1.29, 1.82) is 0 Å². The van der Waals surface area contributed by atoms with E-state index in [1.807, 2.05) is 6.07 Å². The second kappa shape index (κ2) is 4.15. The van der Waals surface area contributed by atoms with Gasteiger partial charge < -0.3 is 20.8 Å².